The minimum Gasteiger partial charge on any atom is -0.508 e. The fraction of sp³-hybridized carbons (Fsp3) is 0.364. The summed E-state index contributed by atoms with van der Waals surface area (Å²) in [6.07, 6.45) is 0.664. The summed E-state index contributed by atoms with van der Waals surface area (Å²) < 4.78 is 0. The highest BCUT2D eigenvalue weighted by molar-refractivity contribution is 5.72. The van der Waals surface area contributed by atoms with E-state index in [1.54, 1.807) is 18.2 Å². The molecule has 2 amide bonds. The lowest BCUT2D eigenvalue weighted by molar-refractivity contribution is -0.0646. The van der Waals surface area contributed by atoms with Gasteiger partial charge in [0.05, 0.1) is 7.11 Å². The Morgan fingerprint density at radius 3 is 2.94 bits per heavy atom. The number of phenols is 1. The van der Waals surface area contributed by atoms with E-state index in [2.05, 4.69) is 5.32 Å². The Kier molecular flexibility index (Phi) is 4.60. The first-order valence-corrected chi connectivity index (χ1v) is 4.97. The zero-order chi connectivity index (χ0) is 12.0. The van der Waals surface area contributed by atoms with Gasteiger partial charge in [-0.1, -0.05) is 12.1 Å². The van der Waals surface area contributed by atoms with Crippen molar-refractivity contribution in [1.29, 1.82) is 0 Å². The molecule has 1 aromatic carbocycles. The van der Waals surface area contributed by atoms with Crippen LogP contribution in [0.15, 0.2) is 24.3 Å². The topological polar surface area (TPSA) is 61.8 Å². The first kappa shape index (κ1) is 12.3. The molecule has 0 saturated carbocycles. The number of hydroxylamine groups is 2. The maximum absolute atomic E-state index is 11.3. The number of urea groups is 1. The molecule has 0 atom stereocenters. The van der Waals surface area contributed by atoms with Gasteiger partial charge in [0.2, 0.25) is 0 Å². The van der Waals surface area contributed by atoms with Crippen molar-refractivity contribution >= 4 is 6.03 Å². The van der Waals surface area contributed by atoms with Gasteiger partial charge in [0, 0.05) is 13.6 Å². The molecule has 5 heteroatoms. The number of benzene rings is 1. The molecule has 16 heavy (non-hydrogen) atoms. The molecule has 0 spiro atoms. The lowest BCUT2D eigenvalue weighted by atomic mass is 10.1. The molecule has 0 radical (unpaired) electrons. The van der Waals surface area contributed by atoms with Crippen LogP contribution in [0.4, 0.5) is 4.79 Å². The van der Waals surface area contributed by atoms with Crippen LogP contribution in [0, 0.1) is 0 Å². The summed E-state index contributed by atoms with van der Waals surface area (Å²) >= 11 is 0. The number of phenolic OH excluding ortho intramolecular Hbond substituents is 1. The van der Waals surface area contributed by atoms with Crippen LogP contribution in [0.2, 0.25) is 0 Å². The third-order valence-electron chi connectivity index (χ3n) is 2.16. The quantitative estimate of drug-likeness (QED) is 0.754. The zero-order valence-electron chi connectivity index (χ0n) is 9.43. The predicted octanol–water partition coefficient (Wildman–Crippen LogP) is 1.14. The summed E-state index contributed by atoms with van der Waals surface area (Å²) in [4.78, 5) is 16.0. The molecule has 0 aliphatic rings. The van der Waals surface area contributed by atoms with E-state index >= 15 is 0 Å². The SMILES string of the molecule is CON(C)C(=O)NCCc1cccc(O)c1. The van der Waals surface area contributed by atoms with E-state index in [1.165, 1.54) is 14.2 Å². The van der Waals surface area contributed by atoms with Crippen molar-refractivity contribution in [3.05, 3.63) is 29.8 Å². The van der Waals surface area contributed by atoms with Gasteiger partial charge in [0.1, 0.15) is 5.75 Å². The van der Waals surface area contributed by atoms with E-state index in [0.29, 0.717) is 13.0 Å². The monoisotopic (exact) mass is 224 g/mol. The van der Waals surface area contributed by atoms with Crippen LogP contribution in [0.25, 0.3) is 0 Å². The van der Waals surface area contributed by atoms with Gasteiger partial charge in [0.25, 0.3) is 0 Å². The second-order valence-electron chi connectivity index (χ2n) is 3.33. The molecule has 88 valence electrons. The Labute approximate surface area is 94.6 Å². The Morgan fingerprint density at radius 1 is 1.56 bits per heavy atom. The number of nitrogens with one attached hydrogen (secondary N) is 1. The number of nitrogens with zero attached hydrogens (tertiary/aromatic N) is 1. The third-order valence-corrected chi connectivity index (χ3v) is 2.16. The number of hydrogen-bond donors (Lipinski definition) is 2. The lowest BCUT2D eigenvalue weighted by Gasteiger charge is -2.14. The molecule has 0 aromatic heterocycles. The van der Waals surface area contributed by atoms with Gasteiger partial charge in [-0.25, -0.2) is 9.86 Å². The van der Waals surface area contributed by atoms with Crippen molar-refractivity contribution in [3.8, 4) is 5.75 Å². The van der Waals surface area contributed by atoms with E-state index in [1.807, 2.05) is 6.07 Å². The van der Waals surface area contributed by atoms with E-state index in [-0.39, 0.29) is 11.8 Å². The minimum atomic E-state index is -0.289. The highest BCUT2D eigenvalue weighted by atomic mass is 16.7. The second-order valence-corrected chi connectivity index (χ2v) is 3.33. The molecule has 0 saturated heterocycles. The van der Waals surface area contributed by atoms with E-state index in [4.69, 9.17) is 4.84 Å². The Balaban J connectivity index is 2.33. The summed E-state index contributed by atoms with van der Waals surface area (Å²) in [5.74, 6) is 0.234. The van der Waals surface area contributed by atoms with E-state index in [9.17, 15) is 9.90 Å². The van der Waals surface area contributed by atoms with Gasteiger partial charge in [-0.2, -0.15) is 0 Å². The molecular weight excluding hydrogens is 208 g/mol. The fourth-order valence-electron chi connectivity index (χ4n) is 1.22. The smallest absolute Gasteiger partial charge is 0.341 e. The fourth-order valence-corrected chi connectivity index (χ4v) is 1.22. The average molecular weight is 224 g/mol. The second kappa shape index (κ2) is 5.97. The Morgan fingerprint density at radius 2 is 2.31 bits per heavy atom. The molecule has 0 heterocycles. The summed E-state index contributed by atoms with van der Waals surface area (Å²) in [6.45, 7) is 0.496. The summed E-state index contributed by atoms with van der Waals surface area (Å²) in [5, 5.41) is 13.0. The molecule has 2 N–H and O–H groups in total. The highest BCUT2D eigenvalue weighted by Gasteiger charge is 2.05. The van der Waals surface area contributed by atoms with Crippen LogP contribution in [0.5, 0.6) is 5.75 Å². The van der Waals surface area contributed by atoms with Crippen molar-refractivity contribution in [3.63, 3.8) is 0 Å². The molecular formula is C11H16N2O3. The molecule has 1 rings (SSSR count). The van der Waals surface area contributed by atoms with Gasteiger partial charge in [0.15, 0.2) is 0 Å². The first-order valence-electron chi connectivity index (χ1n) is 4.97. The van der Waals surface area contributed by atoms with Crippen molar-refractivity contribution in [2.24, 2.45) is 0 Å². The predicted molar refractivity (Wildman–Crippen MR) is 60.0 cm³/mol. The summed E-state index contributed by atoms with van der Waals surface area (Å²) in [7, 11) is 2.96. The average Bonchev–Trinajstić information content (AvgIpc) is 2.28. The van der Waals surface area contributed by atoms with E-state index in [0.717, 1.165) is 10.6 Å². The minimum absolute atomic E-state index is 0.234. The molecule has 5 nitrogen and oxygen atoms in total. The molecule has 1 aromatic rings. The van der Waals surface area contributed by atoms with Crippen LogP contribution in [-0.2, 0) is 11.3 Å². The summed E-state index contributed by atoms with van der Waals surface area (Å²) in [5.41, 5.74) is 0.973. The number of amides is 2. The van der Waals surface area contributed by atoms with Crippen LogP contribution >= 0.6 is 0 Å². The van der Waals surface area contributed by atoms with Crippen molar-refractivity contribution < 1.29 is 14.7 Å². The third kappa shape index (κ3) is 3.78. The molecule has 0 fully saturated rings. The first-order chi connectivity index (χ1) is 7.63. The van der Waals surface area contributed by atoms with Crippen LogP contribution in [-0.4, -0.2) is 36.9 Å². The van der Waals surface area contributed by atoms with Gasteiger partial charge in [-0.15, -0.1) is 0 Å². The maximum atomic E-state index is 11.3. The molecule has 0 unspecified atom stereocenters. The maximum Gasteiger partial charge on any atom is 0.341 e. The van der Waals surface area contributed by atoms with Crippen molar-refractivity contribution in [2.45, 2.75) is 6.42 Å². The molecule has 0 aliphatic heterocycles. The van der Waals surface area contributed by atoms with Gasteiger partial charge in [-0.3, -0.25) is 4.84 Å². The molecule has 0 aliphatic carbocycles. The van der Waals surface area contributed by atoms with Crippen molar-refractivity contribution in [1.82, 2.24) is 10.4 Å². The van der Waals surface area contributed by atoms with Gasteiger partial charge >= 0.3 is 6.03 Å². The normalized spacial score (nSPS) is 9.88. The van der Waals surface area contributed by atoms with Gasteiger partial charge in [-0.05, 0) is 24.1 Å². The largest absolute Gasteiger partial charge is 0.508 e. The standard InChI is InChI=1S/C11H16N2O3/c1-13(16-2)11(15)12-7-6-9-4-3-5-10(14)8-9/h3-5,8,14H,6-7H2,1-2H3,(H,12,15). The van der Waals surface area contributed by atoms with Crippen LogP contribution in [0.1, 0.15) is 5.56 Å². The number of carbonyl (C=O) groups is 1. The number of rotatable bonds is 4. The number of carbonyl (C=O) groups excluding carboxylic acids is 1. The highest BCUT2D eigenvalue weighted by Crippen LogP contribution is 2.10. The Hall–Kier alpha value is -1.75. The van der Waals surface area contributed by atoms with Crippen LogP contribution < -0.4 is 5.32 Å². The van der Waals surface area contributed by atoms with Gasteiger partial charge < -0.3 is 10.4 Å². The Bertz CT molecular complexity index is 355. The number of aromatic hydroxyl groups is 1. The van der Waals surface area contributed by atoms with Crippen molar-refractivity contribution in [2.75, 3.05) is 20.7 Å². The number of hydrogen-bond acceptors (Lipinski definition) is 3. The van der Waals surface area contributed by atoms with Crippen LogP contribution in [0.3, 0.4) is 0 Å². The molecule has 0 bridgehead atoms. The van der Waals surface area contributed by atoms with E-state index < -0.39 is 0 Å². The lowest BCUT2D eigenvalue weighted by Crippen LogP contribution is -2.37. The zero-order valence-corrected chi connectivity index (χ0v) is 9.43. The summed E-state index contributed by atoms with van der Waals surface area (Å²) in [6, 6.07) is 6.66.